The maximum absolute atomic E-state index is 13.5. The Hall–Kier alpha value is -3.45. The number of hydrogen-bond acceptors (Lipinski definition) is 5. The number of aromatic nitrogens is 1. The third kappa shape index (κ3) is 3.71. The van der Waals surface area contributed by atoms with E-state index in [-0.39, 0.29) is 12.0 Å². The maximum atomic E-state index is 13.5. The van der Waals surface area contributed by atoms with Gasteiger partial charge in [-0.15, -0.1) is 0 Å². The molecule has 4 rings (SSSR count). The lowest BCUT2D eigenvalue weighted by Crippen LogP contribution is -2.52. The largest absolute Gasteiger partial charge is 0.398 e. The zero-order chi connectivity index (χ0) is 21.3. The molecule has 0 spiro atoms. The number of nitrogens with one attached hydrogen (secondary N) is 3. The van der Waals surface area contributed by atoms with Gasteiger partial charge >= 0.3 is 0 Å². The van der Waals surface area contributed by atoms with Crippen molar-refractivity contribution in [2.45, 2.75) is 26.6 Å². The Kier molecular flexibility index (Phi) is 5.37. The van der Waals surface area contributed by atoms with Gasteiger partial charge in [0.15, 0.2) is 6.17 Å². The lowest BCUT2D eigenvalue weighted by Gasteiger charge is -2.15. The molecule has 2 heterocycles. The predicted molar refractivity (Wildman–Crippen MR) is 120 cm³/mol. The summed E-state index contributed by atoms with van der Waals surface area (Å²) in [5, 5.41) is 16.3. The summed E-state index contributed by atoms with van der Waals surface area (Å²) >= 11 is 0. The van der Waals surface area contributed by atoms with Gasteiger partial charge in [0.25, 0.3) is 0 Å². The number of hydrogen-bond donors (Lipinski definition) is 5. The van der Waals surface area contributed by atoms with Crippen LogP contribution in [-0.2, 0) is 6.54 Å². The molecule has 3 aromatic rings. The third-order valence-electron chi connectivity index (χ3n) is 5.45. The Morgan fingerprint density at radius 2 is 1.97 bits per heavy atom. The molecule has 6 nitrogen and oxygen atoms in total. The number of nitrogens with two attached hydrogens (primary N) is 2. The lowest BCUT2D eigenvalue weighted by molar-refractivity contribution is -0.115. The van der Waals surface area contributed by atoms with Crippen LogP contribution in [0.1, 0.15) is 23.6 Å². The second-order valence-electron chi connectivity index (χ2n) is 7.42. The molecule has 154 valence electrons. The van der Waals surface area contributed by atoms with Crippen LogP contribution >= 0.6 is 0 Å². The molecule has 7 heteroatoms. The molecule has 0 fully saturated rings. The first kappa shape index (κ1) is 19.8. The number of benzene rings is 2. The van der Waals surface area contributed by atoms with Gasteiger partial charge in [-0.3, -0.25) is 10.4 Å². The molecule has 1 atom stereocenters. The lowest BCUT2D eigenvalue weighted by atomic mass is 9.95. The quantitative estimate of drug-likeness (QED) is 0.320. The summed E-state index contributed by atoms with van der Waals surface area (Å²) in [6.07, 6.45) is 3.38. The second-order valence-corrected chi connectivity index (χ2v) is 7.42. The minimum absolute atomic E-state index is 0.302. The van der Waals surface area contributed by atoms with E-state index in [2.05, 4.69) is 34.8 Å². The first-order chi connectivity index (χ1) is 14.5. The Morgan fingerprint density at radius 1 is 1.17 bits per heavy atom. The van der Waals surface area contributed by atoms with E-state index in [1.54, 1.807) is 6.07 Å². The summed E-state index contributed by atoms with van der Waals surface area (Å²) < 4.78 is 13.5. The van der Waals surface area contributed by atoms with Gasteiger partial charge in [-0.2, -0.15) is 0 Å². The van der Waals surface area contributed by atoms with Crippen molar-refractivity contribution < 1.29 is 9.80 Å². The number of anilines is 3. The van der Waals surface area contributed by atoms with Crippen LogP contribution in [0.25, 0.3) is 11.1 Å². The van der Waals surface area contributed by atoms with Crippen molar-refractivity contribution in [2.75, 3.05) is 22.9 Å². The minimum Gasteiger partial charge on any atom is -0.398 e. The van der Waals surface area contributed by atoms with E-state index in [0.717, 1.165) is 41.0 Å². The number of nitrogens with zero attached hydrogens (tertiary/aromatic N) is 1. The van der Waals surface area contributed by atoms with E-state index in [9.17, 15) is 4.39 Å². The van der Waals surface area contributed by atoms with Crippen LogP contribution in [0.15, 0.2) is 48.8 Å². The van der Waals surface area contributed by atoms with Crippen molar-refractivity contribution in [3.8, 4) is 11.1 Å². The van der Waals surface area contributed by atoms with Crippen molar-refractivity contribution in [1.29, 1.82) is 0 Å². The molecule has 0 radical (unpaired) electrons. The zero-order valence-corrected chi connectivity index (χ0v) is 17.1. The molecule has 1 aromatic heterocycles. The highest BCUT2D eigenvalue weighted by molar-refractivity contribution is 6.09. The summed E-state index contributed by atoms with van der Waals surface area (Å²) in [6.45, 7) is 5.84. The number of halogens is 1. The molecule has 0 saturated heterocycles. The van der Waals surface area contributed by atoms with E-state index in [4.69, 9.17) is 11.1 Å². The number of nitrogen functional groups attached to an aromatic ring is 1. The van der Waals surface area contributed by atoms with Crippen molar-refractivity contribution in [3.05, 3.63) is 71.3 Å². The van der Waals surface area contributed by atoms with Gasteiger partial charge in [-0.05, 0) is 60.5 Å². The Balaban J connectivity index is 1.64. The second kappa shape index (κ2) is 8.12. The molecular formula is C23H26FN6+. The molecule has 0 saturated carbocycles. The molecule has 1 aliphatic rings. The molecule has 0 unspecified atom stereocenters. The van der Waals surface area contributed by atoms with Gasteiger partial charge in [-0.1, -0.05) is 13.0 Å². The Morgan fingerprint density at radius 3 is 2.77 bits per heavy atom. The summed E-state index contributed by atoms with van der Waals surface area (Å²) in [4.78, 5) is 4.41. The van der Waals surface area contributed by atoms with Crippen LogP contribution in [-0.4, -0.2) is 23.4 Å². The van der Waals surface area contributed by atoms with E-state index < -0.39 is 0 Å². The fraction of sp³-hybridized carbons (Fsp3) is 0.217. The van der Waals surface area contributed by atoms with Gasteiger partial charge in [-0.25, -0.2) is 4.39 Å². The standard InChI is InChI=1S/C23H25FN6/c1-3-27-10-15-11-28-12-18(13(15)2)14-4-6-19(25)17(8-14)22(26)23-29-20-7-5-16(24)9-21(20)30-23/h4-9,11-12,23,26-27,29-30H,3,10,25H2,1-2H3/p+1/t23-/m0/s1. The third-order valence-corrected chi connectivity index (χ3v) is 5.45. The summed E-state index contributed by atoms with van der Waals surface area (Å²) in [6, 6.07) is 10.4. The van der Waals surface area contributed by atoms with E-state index >= 15 is 0 Å². The van der Waals surface area contributed by atoms with Crippen LogP contribution in [0.3, 0.4) is 0 Å². The zero-order valence-electron chi connectivity index (χ0n) is 17.1. The smallest absolute Gasteiger partial charge is 0.225 e. The SMILES string of the molecule is CCNCc1cncc(-c2ccc(N)c(C(=[NH2+])[C@H]3Nc4ccc(F)cc4N3)c2)c1C. The fourth-order valence-electron chi connectivity index (χ4n) is 3.69. The monoisotopic (exact) mass is 405 g/mol. The van der Waals surface area contributed by atoms with Crippen molar-refractivity contribution >= 4 is 22.8 Å². The molecule has 0 amide bonds. The van der Waals surface area contributed by atoms with Crippen LogP contribution in [0.4, 0.5) is 21.5 Å². The summed E-state index contributed by atoms with van der Waals surface area (Å²) in [5.74, 6) is -0.302. The Bertz CT molecular complexity index is 1110. The van der Waals surface area contributed by atoms with Gasteiger partial charge in [0.1, 0.15) is 5.82 Å². The van der Waals surface area contributed by atoms with Crippen LogP contribution < -0.4 is 27.1 Å². The fourth-order valence-corrected chi connectivity index (χ4v) is 3.69. The first-order valence-electron chi connectivity index (χ1n) is 9.97. The Labute approximate surface area is 175 Å². The van der Waals surface area contributed by atoms with Crippen LogP contribution in [0, 0.1) is 12.7 Å². The number of rotatable bonds is 6. The van der Waals surface area contributed by atoms with Gasteiger partial charge in [0.05, 0.1) is 16.9 Å². The normalized spacial score (nSPS) is 14.7. The summed E-state index contributed by atoms with van der Waals surface area (Å²) in [7, 11) is 0. The first-order valence-corrected chi connectivity index (χ1v) is 9.97. The van der Waals surface area contributed by atoms with Crippen LogP contribution in [0.2, 0.25) is 0 Å². The van der Waals surface area contributed by atoms with Crippen molar-refractivity contribution in [1.82, 2.24) is 10.3 Å². The molecular weight excluding hydrogens is 379 g/mol. The molecule has 30 heavy (non-hydrogen) atoms. The van der Waals surface area contributed by atoms with Gasteiger partial charge in [0.2, 0.25) is 5.71 Å². The molecule has 7 N–H and O–H groups in total. The van der Waals surface area contributed by atoms with Gasteiger partial charge in [0, 0.05) is 30.2 Å². The van der Waals surface area contributed by atoms with E-state index in [1.165, 1.54) is 17.7 Å². The number of fused-ring (bicyclic) bond motifs is 1. The highest BCUT2D eigenvalue weighted by atomic mass is 19.1. The number of pyridine rings is 1. The minimum atomic E-state index is -0.376. The van der Waals surface area contributed by atoms with E-state index in [0.29, 0.717) is 17.1 Å². The highest BCUT2D eigenvalue weighted by Crippen LogP contribution is 2.32. The maximum Gasteiger partial charge on any atom is 0.225 e. The van der Waals surface area contributed by atoms with Crippen molar-refractivity contribution in [2.24, 2.45) is 0 Å². The van der Waals surface area contributed by atoms with E-state index in [1.807, 2.05) is 30.6 Å². The van der Waals surface area contributed by atoms with Gasteiger partial charge < -0.3 is 21.7 Å². The molecule has 0 bridgehead atoms. The average molecular weight is 406 g/mol. The topological polar surface area (TPSA) is 101 Å². The molecule has 2 aromatic carbocycles. The summed E-state index contributed by atoms with van der Waals surface area (Å²) in [5.41, 5.74) is 13.9. The molecule has 1 aliphatic heterocycles. The predicted octanol–water partition coefficient (Wildman–Crippen LogP) is 2.30. The highest BCUT2D eigenvalue weighted by Gasteiger charge is 2.29. The van der Waals surface area contributed by atoms with Crippen molar-refractivity contribution in [3.63, 3.8) is 0 Å². The average Bonchev–Trinajstić information content (AvgIpc) is 3.16. The van der Waals surface area contributed by atoms with Crippen LogP contribution in [0.5, 0.6) is 0 Å². The molecule has 0 aliphatic carbocycles.